The van der Waals surface area contributed by atoms with Crippen LogP contribution in [0.3, 0.4) is 0 Å². The average Bonchev–Trinajstić information content (AvgIpc) is 2.68. The van der Waals surface area contributed by atoms with Crippen molar-refractivity contribution in [3.05, 3.63) is 91.0 Å². The number of hydrogen-bond donors (Lipinski definition) is 0. The van der Waals surface area contributed by atoms with Crippen LogP contribution in [0.1, 0.15) is 0 Å². The smallest absolute Gasteiger partial charge is 0.400 e. The molecule has 3 aromatic carbocycles. The average molecular weight is 357 g/mol. The third-order valence-corrected chi connectivity index (χ3v) is 3.79. The lowest BCUT2D eigenvalue weighted by atomic mass is 10.3. The molecular formula is C18H14O6P. The van der Waals surface area contributed by atoms with Crippen LogP contribution >= 0.6 is 7.82 Å². The lowest BCUT2D eigenvalue weighted by molar-refractivity contribution is -0.185. The summed E-state index contributed by atoms with van der Waals surface area (Å²) in [6.07, 6.45) is 0. The summed E-state index contributed by atoms with van der Waals surface area (Å²) in [6.45, 7) is 0. The van der Waals surface area contributed by atoms with Crippen LogP contribution in [0, 0.1) is 6.07 Å². The summed E-state index contributed by atoms with van der Waals surface area (Å²) in [5, 5.41) is 0. The molecule has 6 nitrogen and oxygen atoms in total. The van der Waals surface area contributed by atoms with Gasteiger partial charge in [0.25, 0.3) is 0 Å². The third kappa shape index (κ3) is 5.36. The van der Waals surface area contributed by atoms with E-state index < -0.39 is 7.82 Å². The second kappa shape index (κ2) is 8.35. The molecule has 0 spiro atoms. The molecule has 3 aromatic rings. The molecule has 0 unspecified atom stereocenters. The van der Waals surface area contributed by atoms with Crippen molar-refractivity contribution in [1.29, 1.82) is 0 Å². The number of phosphoric acid groups is 1. The molecule has 1 radical (unpaired) electrons. The SMILES string of the molecule is O=P(OOc1ccccc1)(OOc1ccccc1)Oc1cc[c]cc1. The predicted molar refractivity (Wildman–Crippen MR) is 89.8 cm³/mol. The van der Waals surface area contributed by atoms with E-state index in [0.29, 0.717) is 11.5 Å². The quantitative estimate of drug-likeness (QED) is 0.321. The number of benzene rings is 3. The van der Waals surface area contributed by atoms with Crippen molar-refractivity contribution in [2.75, 3.05) is 0 Å². The van der Waals surface area contributed by atoms with E-state index in [1.165, 1.54) is 0 Å². The fourth-order valence-corrected chi connectivity index (χ4v) is 2.55. The van der Waals surface area contributed by atoms with Crippen LogP contribution in [0.5, 0.6) is 17.2 Å². The zero-order valence-corrected chi connectivity index (χ0v) is 13.9. The summed E-state index contributed by atoms with van der Waals surface area (Å²) in [7, 11) is -4.23. The maximum atomic E-state index is 12.8. The van der Waals surface area contributed by atoms with Crippen molar-refractivity contribution in [2.24, 2.45) is 0 Å². The maximum Gasteiger partial charge on any atom is 0.604 e. The molecular weight excluding hydrogens is 343 g/mol. The highest BCUT2D eigenvalue weighted by Gasteiger charge is 2.34. The molecule has 7 heteroatoms. The van der Waals surface area contributed by atoms with Gasteiger partial charge in [0.1, 0.15) is 5.75 Å². The lowest BCUT2D eigenvalue weighted by Gasteiger charge is -2.16. The first-order chi connectivity index (χ1) is 12.2. The van der Waals surface area contributed by atoms with Crippen LogP contribution < -0.4 is 14.3 Å². The zero-order chi connectivity index (χ0) is 17.4. The topological polar surface area (TPSA) is 63.2 Å². The van der Waals surface area contributed by atoms with Gasteiger partial charge in [0.05, 0.1) is 0 Å². The highest BCUT2D eigenvalue weighted by Crippen LogP contribution is 2.50. The molecule has 0 saturated heterocycles. The van der Waals surface area contributed by atoms with Gasteiger partial charge in [-0.1, -0.05) is 57.9 Å². The van der Waals surface area contributed by atoms with Crippen LogP contribution in [0.4, 0.5) is 0 Å². The first-order valence-corrected chi connectivity index (χ1v) is 8.78. The van der Waals surface area contributed by atoms with Crippen LogP contribution in [0.15, 0.2) is 84.9 Å². The Bertz CT molecular complexity index is 763. The van der Waals surface area contributed by atoms with E-state index in [0.717, 1.165) is 0 Å². The molecule has 0 aliphatic rings. The molecule has 0 aliphatic carbocycles. The van der Waals surface area contributed by atoms with Crippen LogP contribution in [0.2, 0.25) is 0 Å². The molecule has 127 valence electrons. The zero-order valence-electron chi connectivity index (χ0n) is 13.0. The summed E-state index contributed by atoms with van der Waals surface area (Å²) in [5.41, 5.74) is 0. The van der Waals surface area contributed by atoms with Gasteiger partial charge in [-0.05, 0) is 42.5 Å². The number of rotatable bonds is 8. The Labute approximate surface area is 145 Å². The molecule has 0 saturated carbocycles. The van der Waals surface area contributed by atoms with Gasteiger partial charge in [-0.2, -0.15) is 0 Å². The summed E-state index contributed by atoms with van der Waals surface area (Å²) in [5.74, 6) is 0.905. The molecule has 0 aromatic heterocycles. The molecule has 0 heterocycles. The van der Waals surface area contributed by atoms with Crippen molar-refractivity contribution in [3.8, 4) is 17.2 Å². The van der Waals surface area contributed by atoms with Gasteiger partial charge in [0, 0.05) is 0 Å². The van der Waals surface area contributed by atoms with E-state index in [1.54, 1.807) is 84.9 Å². The molecule has 0 fully saturated rings. The highest BCUT2D eigenvalue weighted by molar-refractivity contribution is 7.48. The minimum Gasteiger partial charge on any atom is -0.400 e. The predicted octanol–water partition coefficient (Wildman–Crippen LogP) is 4.99. The van der Waals surface area contributed by atoms with Crippen molar-refractivity contribution in [3.63, 3.8) is 0 Å². The maximum absolute atomic E-state index is 12.8. The Morgan fingerprint density at radius 2 is 1.12 bits per heavy atom. The first kappa shape index (κ1) is 17.0. The summed E-state index contributed by atoms with van der Waals surface area (Å²) in [6, 6.07) is 26.1. The van der Waals surface area contributed by atoms with E-state index >= 15 is 0 Å². The minimum atomic E-state index is -4.23. The lowest BCUT2D eigenvalue weighted by Crippen LogP contribution is -2.07. The normalized spacial score (nSPS) is 10.9. The molecule has 0 amide bonds. The van der Waals surface area contributed by atoms with Gasteiger partial charge >= 0.3 is 7.82 Å². The van der Waals surface area contributed by atoms with E-state index in [1.807, 2.05) is 0 Å². The fraction of sp³-hybridized carbons (Fsp3) is 0. The van der Waals surface area contributed by atoms with Crippen LogP contribution in [-0.4, -0.2) is 0 Å². The highest BCUT2D eigenvalue weighted by atomic mass is 31.2. The minimum absolute atomic E-state index is 0.246. The fourth-order valence-electron chi connectivity index (χ4n) is 1.73. The molecule has 0 aliphatic heterocycles. The van der Waals surface area contributed by atoms with Crippen LogP contribution in [-0.2, 0) is 13.9 Å². The summed E-state index contributed by atoms with van der Waals surface area (Å²) < 4.78 is 27.9. The molecule has 25 heavy (non-hydrogen) atoms. The first-order valence-electron chi connectivity index (χ1n) is 7.32. The van der Waals surface area contributed by atoms with Gasteiger partial charge in [0.15, 0.2) is 11.5 Å². The van der Waals surface area contributed by atoms with Crippen molar-refractivity contribution < 1.29 is 28.2 Å². The van der Waals surface area contributed by atoms with E-state index in [4.69, 9.17) is 23.6 Å². The molecule has 3 rings (SSSR count). The Morgan fingerprint density at radius 3 is 1.60 bits per heavy atom. The third-order valence-electron chi connectivity index (χ3n) is 2.84. The Kier molecular flexibility index (Phi) is 5.69. The second-order valence-electron chi connectivity index (χ2n) is 4.72. The molecule has 0 atom stereocenters. The van der Waals surface area contributed by atoms with E-state index in [2.05, 4.69) is 6.07 Å². The van der Waals surface area contributed by atoms with Crippen molar-refractivity contribution in [2.45, 2.75) is 0 Å². The van der Waals surface area contributed by atoms with Gasteiger partial charge in [-0.15, -0.1) is 0 Å². The van der Waals surface area contributed by atoms with E-state index in [-0.39, 0.29) is 5.75 Å². The van der Waals surface area contributed by atoms with Crippen molar-refractivity contribution >= 4 is 7.82 Å². The monoisotopic (exact) mass is 357 g/mol. The second-order valence-corrected chi connectivity index (χ2v) is 6.09. The van der Waals surface area contributed by atoms with Crippen molar-refractivity contribution in [1.82, 2.24) is 0 Å². The van der Waals surface area contributed by atoms with Gasteiger partial charge < -0.3 is 14.3 Å². The Hall–Kier alpha value is -2.79. The number of para-hydroxylation sites is 2. The Morgan fingerprint density at radius 1 is 0.640 bits per heavy atom. The summed E-state index contributed by atoms with van der Waals surface area (Å²) in [4.78, 5) is 10.1. The standard InChI is InChI=1S/C18H14O6P/c19-25(22-18-14-8-3-9-15-18,23-20-16-10-4-1-5-11-16)24-21-17-12-6-2-7-13-17/h1-2,4-15H. The molecule has 0 bridgehead atoms. The number of hydrogen-bond acceptors (Lipinski definition) is 6. The Balaban J connectivity index is 1.71. The van der Waals surface area contributed by atoms with Crippen LogP contribution in [0.25, 0.3) is 0 Å². The van der Waals surface area contributed by atoms with Gasteiger partial charge in [-0.25, -0.2) is 4.57 Å². The summed E-state index contributed by atoms with van der Waals surface area (Å²) >= 11 is 0. The van der Waals surface area contributed by atoms with Gasteiger partial charge in [0.2, 0.25) is 0 Å². The van der Waals surface area contributed by atoms with E-state index in [9.17, 15) is 4.57 Å². The largest absolute Gasteiger partial charge is 0.604 e. The molecule has 0 N–H and O–H groups in total. The van der Waals surface area contributed by atoms with Gasteiger partial charge in [-0.3, -0.25) is 0 Å².